The number of benzene rings is 1. The van der Waals surface area contributed by atoms with E-state index in [2.05, 4.69) is 25.5 Å². The van der Waals surface area contributed by atoms with Crippen LogP contribution >= 0.6 is 0 Å². The molecule has 0 saturated carbocycles. The van der Waals surface area contributed by atoms with Crippen molar-refractivity contribution in [3.8, 4) is 5.75 Å². The minimum Gasteiger partial charge on any atom is -0.496 e. The van der Waals surface area contributed by atoms with Crippen LogP contribution in [0.25, 0.3) is 0 Å². The van der Waals surface area contributed by atoms with Gasteiger partial charge < -0.3 is 20.3 Å². The van der Waals surface area contributed by atoms with E-state index in [0.717, 1.165) is 30.7 Å². The van der Waals surface area contributed by atoms with Crippen LogP contribution in [0.15, 0.2) is 42.7 Å². The van der Waals surface area contributed by atoms with Crippen LogP contribution in [0, 0.1) is 0 Å². The van der Waals surface area contributed by atoms with Crippen molar-refractivity contribution in [3.05, 3.63) is 48.3 Å². The molecule has 0 unspecified atom stereocenters. The molecule has 0 aliphatic carbocycles. The van der Waals surface area contributed by atoms with Gasteiger partial charge in [0.15, 0.2) is 0 Å². The van der Waals surface area contributed by atoms with Crippen LogP contribution in [-0.2, 0) is 6.54 Å². The Morgan fingerprint density at radius 1 is 1.28 bits per heavy atom. The van der Waals surface area contributed by atoms with Crippen molar-refractivity contribution < 1.29 is 9.53 Å². The Kier molecular flexibility index (Phi) is 5.66. The molecule has 132 valence electrons. The van der Waals surface area contributed by atoms with Gasteiger partial charge in [0.1, 0.15) is 5.75 Å². The molecule has 1 atom stereocenters. The first-order valence-corrected chi connectivity index (χ1v) is 8.44. The molecule has 2 amide bonds. The summed E-state index contributed by atoms with van der Waals surface area (Å²) in [7, 11) is 1.63. The molecule has 0 radical (unpaired) electrons. The SMILES string of the molecule is COc1ccccc1CNC(=O)N[C@@H]1CCCN(c2ncccn2)C1. The smallest absolute Gasteiger partial charge is 0.315 e. The maximum Gasteiger partial charge on any atom is 0.315 e. The summed E-state index contributed by atoms with van der Waals surface area (Å²) in [4.78, 5) is 22.9. The highest BCUT2D eigenvalue weighted by Gasteiger charge is 2.22. The minimum atomic E-state index is -0.174. The second kappa shape index (κ2) is 8.32. The van der Waals surface area contributed by atoms with Crippen LogP contribution in [0.1, 0.15) is 18.4 Å². The van der Waals surface area contributed by atoms with Crippen LogP contribution in [0.3, 0.4) is 0 Å². The van der Waals surface area contributed by atoms with Crippen molar-refractivity contribution in [1.82, 2.24) is 20.6 Å². The number of hydrogen-bond acceptors (Lipinski definition) is 5. The number of para-hydroxylation sites is 1. The molecule has 2 aromatic rings. The van der Waals surface area contributed by atoms with Gasteiger partial charge in [-0.2, -0.15) is 0 Å². The fourth-order valence-electron chi connectivity index (χ4n) is 2.99. The van der Waals surface area contributed by atoms with Gasteiger partial charge in [0, 0.05) is 43.6 Å². The Labute approximate surface area is 147 Å². The van der Waals surface area contributed by atoms with Gasteiger partial charge in [0.2, 0.25) is 5.95 Å². The molecule has 0 bridgehead atoms. The second-order valence-corrected chi connectivity index (χ2v) is 5.97. The fraction of sp³-hybridized carbons (Fsp3) is 0.389. The van der Waals surface area contributed by atoms with E-state index in [0.29, 0.717) is 19.0 Å². The van der Waals surface area contributed by atoms with Crippen LogP contribution in [0.4, 0.5) is 10.7 Å². The number of piperidine rings is 1. The summed E-state index contributed by atoms with van der Waals surface area (Å²) >= 11 is 0. The Hall–Kier alpha value is -2.83. The van der Waals surface area contributed by atoms with Crippen molar-refractivity contribution in [2.45, 2.75) is 25.4 Å². The van der Waals surface area contributed by atoms with E-state index in [-0.39, 0.29) is 12.1 Å². The zero-order valence-corrected chi connectivity index (χ0v) is 14.3. The van der Waals surface area contributed by atoms with E-state index in [1.807, 2.05) is 24.3 Å². The Balaban J connectivity index is 1.51. The van der Waals surface area contributed by atoms with E-state index in [1.165, 1.54) is 0 Å². The first-order valence-electron chi connectivity index (χ1n) is 8.44. The van der Waals surface area contributed by atoms with E-state index in [4.69, 9.17) is 4.74 Å². The molecular formula is C18H23N5O2. The summed E-state index contributed by atoms with van der Waals surface area (Å²) in [5.41, 5.74) is 0.947. The van der Waals surface area contributed by atoms with Crippen LogP contribution in [-0.4, -0.2) is 42.2 Å². The summed E-state index contributed by atoms with van der Waals surface area (Å²) in [5, 5.41) is 5.93. The van der Waals surface area contributed by atoms with E-state index in [9.17, 15) is 4.79 Å². The lowest BCUT2D eigenvalue weighted by atomic mass is 10.1. The number of anilines is 1. The number of nitrogens with one attached hydrogen (secondary N) is 2. The molecule has 0 spiro atoms. The number of carbonyl (C=O) groups is 1. The molecule has 3 rings (SSSR count). The van der Waals surface area contributed by atoms with Gasteiger partial charge in [0.25, 0.3) is 0 Å². The molecule has 25 heavy (non-hydrogen) atoms. The molecule has 2 heterocycles. The topological polar surface area (TPSA) is 79.4 Å². The summed E-state index contributed by atoms with van der Waals surface area (Å²) < 4.78 is 5.30. The van der Waals surface area contributed by atoms with E-state index >= 15 is 0 Å². The Bertz CT molecular complexity index is 695. The third kappa shape index (κ3) is 4.59. The second-order valence-electron chi connectivity index (χ2n) is 5.97. The van der Waals surface area contributed by atoms with Crippen molar-refractivity contribution in [2.24, 2.45) is 0 Å². The van der Waals surface area contributed by atoms with Gasteiger partial charge in [-0.25, -0.2) is 14.8 Å². The quantitative estimate of drug-likeness (QED) is 0.869. The lowest BCUT2D eigenvalue weighted by Crippen LogP contribution is -2.50. The molecular weight excluding hydrogens is 318 g/mol. The number of carbonyl (C=O) groups excluding carboxylic acids is 1. The molecule has 1 aliphatic rings. The van der Waals surface area contributed by atoms with Crippen molar-refractivity contribution >= 4 is 12.0 Å². The first kappa shape index (κ1) is 17.0. The standard InChI is InChI=1S/C18H23N5O2/c1-25-16-8-3-2-6-14(16)12-21-18(24)22-15-7-4-11-23(13-15)17-19-9-5-10-20-17/h2-3,5-6,8-10,15H,4,7,11-13H2,1H3,(H2,21,22,24)/t15-/m1/s1. The highest BCUT2D eigenvalue weighted by Crippen LogP contribution is 2.17. The predicted octanol–water partition coefficient (Wildman–Crippen LogP) is 1.95. The average molecular weight is 341 g/mol. The van der Waals surface area contributed by atoms with E-state index < -0.39 is 0 Å². The van der Waals surface area contributed by atoms with Gasteiger partial charge in [0.05, 0.1) is 7.11 Å². The Morgan fingerprint density at radius 3 is 2.88 bits per heavy atom. The first-order chi connectivity index (χ1) is 12.3. The normalized spacial score (nSPS) is 17.0. The van der Waals surface area contributed by atoms with Crippen LogP contribution in [0.2, 0.25) is 0 Å². The summed E-state index contributed by atoms with van der Waals surface area (Å²) in [6, 6.07) is 9.36. The zero-order valence-electron chi connectivity index (χ0n) is 14.3. The molecule has 1 aliphatic heterocycles. The number of methoxy groups -OCH3 is 1. The molecule has 7 nitrogen and oxygen atoms in total. The van der Waals surface area contributed by atoms with Crippen molar-refractivity contribution in [3.63, 3.8) is 0 Å². The van der Waals surface area contributed by atoms with Gasteiger partial charge in [-0.05, 0) is 25.0 Å². The van der Waals surface area contributed by atoms with Gasteiger partial charge in [-0.3, -0.25) is 0 Å². The fourth-order valence-corrected chi connectivity index (χ4v) is 2.99. The lowest BCUT2D eigenvalue weighted by molar-refractivity contribution is 0.234. The van der Waals surface area contributed by atoms with Crippen LogP contribution < -0.4 is 20.3 Å². The van der Waals surface area contributed by atoms with Crippen molar-refractivity contribution in [1.29, 1.82) is 0 Å². The third-order valence-corrected chi connectivity index (χ3v) is 4.22. The zero-order chi connectivity index (χ0) is 17.5. The van der Waals surface area contributed by atoms with Crippen LogP contribution in [0.5, 0.6) is 5.75 Å². The minimum absolute atomic E-state index is 0.0789. The lowest BCUT2D eigenvalue weighted by Gasteiger charge is -2.33. The summed E-state index contributed by atoms with van der Waals surface area (Å²) in [5.74, 6) is 1.48. The number of aromatic nitrogens is 2. The maximum absolute atomic E-state index is 12.2. The Morgan fingerprint density at radius 2 is 2.08 bits per heavy atom. The molecule has 2 N–H and O–H groups in total. The highest BCUT2D eigenvalue weighted by molar-refractivity contribution is 5.74. The van der Waals surface area contributed by atoms with Gasteiger partial charge in [-0.1, -0.05) is 18.2 Å². The number of nitrogens with zero attached hydrogens (tertiary/aromatic N) is 3. The average Bonchev–Trinajstić information content (AvgIpc) is 2.67. The third-order valence-electron chi connectivity index (χ3n) is 4.22. The molecule has 1 fully saturated rings. The molecule has 1 aromatic carbocycles. The van der Waals surface area contributed by atoms with E-state index in [1.54, 1.807) is 25.6 Å². The van der Waals surface area contributed by atoms with Crippen molar-refractivity contribution in [2.75, 3.05) is 25.1 Å². The number of rotatable bonds is 5. The number of ether oxygens (including phenoxy) is 1. The summed E-state index contributed by atoms with van der Waals surface area (Å²) in [6.45, 7) is 2.05. The number of hydrogen-bond donors (Lipinski definition) is 2. The molecule has 1 saturated heterocycles. The van der Waals surface area contributed by atoms with Gasteiger partial charge in [-0.15, -0.1) is 0 Å². The highest BCUT2D eigenvalue weighted by atomic mass is 16.5. The summed E-state index contributed by atoms with van der Waals surface area (Å²) in [6.07, 6.45) is 5.42. The molecule has 7 heteroatoms. The molecule has 1 aromatic heterocycles. The largest absolute Gasteiger partial charge is 0.496 e. The monoisotopic (exact) mass is 341 g/mol. The number of amides is 2. The predicted molar refractivity (Wildman–Crippen MR) is 95.6 cm³/mol. The maximum atomic E-state index is 12.2. The number of urea groups is 1. The van der Waals surface area contributed by atoms with Gasteiger partial charge >= 0.3 is 6.03 Å².